The Morgan fingerprint density at radius 1 is 1.20 bits per heavy atom. The molecule has 2 amide bonds. The second kappa shape index (κ2) is 4.83. The van der Waals surface area contributed by atoms with Gasteiger partial charge in [0, 0.05) is 28.3 Å². The lowest BCUT2D eigenvalue weighted by Crippen LogP contribution is -2.71. The van der Waals surface area contributed by atoms with E-state index in [0.29, 0.717) is 11.5 Å². The van der Waals surface area contributed by atoms with Crippen LogP contribution in [0.25, 0.3) is 0 Å². The Morgan fingerprint density at radius 2 is 1.80 bits per heavy atom. The summed E-state index contributed by atoms with van der Waals surface area (Å²) >= 11 is 0. The van der Waals surface area contributed by atoms with Gasteiger partial charge >= 0.3 is 0 Å². The standard InChI is InChI=1S/C14H22N2O3S/c1-9-12(17)15-14(2,10-3-4-10)13(18)16(9)11-5-7-20(19)8-6-11/h9-11H,3-8H2,1-2H3,(H,15,17). The quantitative estimate of drug-likeness (QED) is 0.803. The maximum Gasteiger partial charge on any atom is 0.249 e. The molecule has 0 aromatic heterocycles. The van der Waals surface area contributed by atoms with Gasteiger partial charge in [0.05, 0.1) is 0 Å². The van der Waals surface area contributed by atoms with E-state index < -0.39 is 22.4 Å². The van der Waals surface area contributed by atoms with Crippen molar-refractivity contribution in [3.8, 4) is 0 Å². The number of hydrogen-bond acceptors (Lipinski definition) is 3. The van der Waals surface area contributed by atoms with Crippen molar-refractivity contribution in [2.45, 2.75) is 57.2 Å². The molecule has 1 saturated carbocycles. The van der Waals surface area contributed by atoms with E-state index in [0.717, 1.165) is 25.7 Å². The molecule has 2 atom stereocenters. The van der Waals surface area contributed by atoms with E-state index in [1.54, 1.807) is 11.8 Å². The van der Waals surface area contributed by atoms with Crippen LogP contribution in [0.4, 0.5) is 0 Å². The van der Waals surface area contributed by atoms with Crippen LogP contribution in [-0.4, -0.2) is 50.1 Å². The van der Waals surface area contributed by atoms with Crippen molar-refractivity contribution >= 4 is 22.6 Å². The third-order valence-electron chi connectivity index (χ3n) is 5.00. The molecule has 112 valence electrons. The fraction of sp³-hybridized carbons (Fsp3) is 0.857. The Labute approximate surface area is 121 Å². The summed E-state index contributed by atoms with van der Waals surface area (Å²) in [5.41, 5.74) is -0.722. The lowest BCUT2D eigenvalue weighted by molar-refractivity contribution is -0.157. The number of amides is 2. The maximum absolute atomic E-state index is 12.9. The molecular weight excluding hydrogens is 276 g/mol. The highest BCUT2D eigenvalue weighted by Gasteiger charge is 2.55. The topological polar surface area (TPSA) is 66.5 Å². The average Bonchev–Trinajstić information content (AvgIpc) is 3.24. The van der Waals surface area contributed by atoms with Crippen molar-refractivity contribution in [3.63, 3.8) is 0 Å². The molecule has 0 aromatic carbocycles. The fourth-order valence-corrected chi connectivity index (χ4v) is 4.74. The summed E-state index contributed by atoms with van der Waals surface area (Å²) in [6.07, 6.45) is 3.52. The van der Waals surface area contributed by atoms with Crippen LogP contribution in [0.5, 0.6) is 0 Å². The second-order valence-corrected chi connectivity index (χ2v) is 8.13. The molecule has 2 aliphatic heterocycles. The van der Waals surface area contributed by atoms with Gasteiger partial charge in [0.2, 0.25) is 11.8 Å². The molecule has 3 rings (SSSR count). The summed E-state index contributed by atoms with van der Waals surface area (Å²) in [4.78, 5) is 26.9. The zero-order valence-electron chi connectivity index (χ0n) is 12.1. The zero-order chi connectivity index (χ0) is 14.5. The first kappa shape index (κ1) is 14.0. The van der Waals surface area contributed by atoms with Crippen LogP contribution in [0.3, 0.4) is 0 Å². The first-order valence-corrected chi connectivity index (χ1v) is 8.92. The van der Waals surface area contributed by atoms with Gasteiger partial charge in [-0.15, -0.1) is 0 Å². The SMILES string of the molecule is CC1C(=O)NC(C)(C2CC2)C(=O)N1C1CCS(=O)CC1. The van der Waals surface area contributed by atoms with Crippen LogP contribution in [0, 0.1) is 5.92 Å². The van der Waals surface area contributed by atoms with E-state index in [-0.39, 0.29) is 23.8 Å². The first-order chi connectivity index (χ1) is 9.43. The van der Waals surface area contributed by atoms with Crippen LogP contribution in [-0.2, 0) is 20.4 Å². The van der Waals surface area contributed by atoms with E-state index in [1.807, 2.05) is 6.92 Å². The van der Waals surface area contributed by atoms with Crippen molar-refractivity contribution in [2.75, 3.05) is 11.5 Å². The molecule has 1 aliphatic carbocycles. The van der Waals surface area contributed by atoms with Crippen LogP contribution in [0.15, 0.2) is 0 Å². The number of carbonyl (C=O) groups excluding carboxylic acids is 2. The minimum Gasteiger partial charge on any atom is -0.340 e. The second-order valence-electron chi connectivity index (χ2n) is 6.43. The van der Waals surface area contributed by atoms with Gasteiger partial charge in [0.1, 0.15) is 11.6 Å². The summed E-state index contributed by atoms with van der Waals surface area (Å²) in [5, 5.41) is 2.94. The van der Waals surface area contributed by atoms with Gasteiger partial charge < -0.3 is 10.2 Å². The Kier molecular flexibility index (Phi) is 3.39. The Hall–Kier alpha value is -0.910. The van der Waals surface area contributed by atoms with Crippen molar-refractivity contribution in [1.82, 2.24) is 10.2 Å². The predicted octanol–water partition coefficient (Wildman–Crippen LogP) is 0.413. The van der Waals surface area contributed by atoms with Gasteiger partial charge in [-0.1, -0.05) is 0 Å². The molecule has 2 unspecified atom stereocenters. The highest BCUT2D eigenvalue weighted by molar-refractivity contribution is 7.85. The molecule has 2 heterocycles. The zero-order valence-corrected chi connectivity index (χ0v) is 12.9. The van der Waals surface area contributed by atoms with Gasteiger partial charge in [-0.3, -0.25) is 13.8 Å². The third-order valence-corrected chi connectivity index (χ3v) is 6.39. The Bertz CT molecular complexity index is 467. The smallest absolute Gasteiger partial charge is 0.249 e. The number of nitrogens with zero attached hydrogens (tertiary/aromatic N) is 1. The van der Waals surface area contributed by atoms with Crippen LogP contribution >= 0.6 is 0 Å². The van der Waals surface area contributed by atoms with E-state index in [4.69, 9.17) is 0 Å². The van der Waals surface area contributed by atoms with E-state index in [9.17, 15) is 13.8 Å². The van der Waals surface area contributed by atoms with Gasteiger partial charge in [0.15, 0.2) is 0 Å². The first-order valence-electron chi connectivity index (χ1n) is 7.43. The molecule has 0 radical (unpaired) electrons. The molecule has 0 spiro atoms. The summed E-state index contributed by atoms with van der Waals surface area (Å²) in [6.45, 7) is 3.66. The number of carbonyl (C=O) groups is 2. The van der Waals surface area contributed by atoms with Gasteiger partial charge in [-0.05, 0) is 45.4 Å². The van der Waals surface area contributed by atoms with Crippen molar-refractivity contribution < 1.29 is 13.8 Å². The number of piperazine rings is 1. The average molecular weight is 298 g/mol. The van der Waals surface area contributed by atoms with Crippen LogP contribution in [0.1, 0.15) is 39.5 Å². The van der Waals surface area contributed by atoms with Crippen LogP contribution < -0.4 is 5.32 Å². The minimum atomic E-state index is -0.751. The van der Waals surface area contributed by atoms with E-state index in [1.165, 1.54) is 0 Å². The highest BCUT2D eigenvalue weighted by Crippen LogP contribution is 2.43. The molecular formula is C14H22N2O3S. The Balaban J connectivity index is 1.85. The lowest BCUT2D eigenvalue weighted by Gasteiger charge is -2.47. The fourth-order valence-electron chi connectivity index (χ4n) is 3.46. The lowest BCUT2D eigenvalue weighted by atomic mass is 9.88. The number of nitrogens with one attached hydrogen (secondary N) is 1. The summed E-state index contributed by atoms with van der Waals surface area (Å²) < 4.78 is 11.5. The maximum atomic E-state index is 12.9. The van der Waals surface area contributed by atoms with Crippen LogP contribution in [0.2, 0.25) is 0 Å². The van der Waals surface area contributed by atoms with E-state index in [2.05, 4.69) is 5.32 Å². The normalized spacial score (nSPS) is 42.5. The summed E-state index contributed by atoms with van der Waals surface area (Å²) in [5.74, 6) is 1.58. The molecule has 3 fully saturated rings. The molecule has 2 saturated heterocycles. The van der Waals surface area contributed by atoms with Gasteiger partial charge in [-0.2, -0.15) is 0 Å². The molecule has 1 N–H and O–H groups in total. The Morgan fingerprint density at radius 3 is 2.35 bits per heavy atom. The number of hydrogen-bond donors (Lipinski definition) is 1. The summed E-state index contributed by atoms with van der Waals surface area (Å²) in [7, 11) is -0.751. The molecule has 0 aromatic rings. The molecule has 6 heteroatoms. The molecule has 5 nitrogen and oxygen atoms in total. The number of rotatable bonds is 2. The van der Waals surface area contributed by atoms with Gasteiger partial charge in [-0.25, -0.2) is 0 Å². The molecule has 20 heavy (non-hydrogen) atoms. The summed E-state index contributed by atoms with van der Waals surface area (Å²) in [6, 6.07) is -0.342. The molecule has 3 aliphatic rings. The monoisotopic (exact) mass is 298 g/mol. The van der Waals surface area contributed by atoms with Crippen molar-refractivity contribution in [3.05, 3.63) is 0 Å². The molecule has 0 bridgehead atoms. The third kappa shape index (κ3) is 2.18. The van der Waals surface area contributed by atoms with E-state index >= 15 is 0 Å². The minimum absolute atomic E-state index is 0.0503. The largest absolute Gasteiger partial charge is 0.340 e. The highest BCUT2D eigenvalue weighted by atomic mass is 32.2. The van der Waals surface area contributed by atoms with Crippen molar-refractivity contribution in [2.24, 2.45) is 5.92 Å². The van der Waals surface area contributed by atoms with Gasteiger partial charge in [0.25, 0.3) is 0 Å². The van der Waals surface area contributed by atoms with Crippen molar-refractivity contribution in [1.29, 1.82) is 0 Å². The predicted molar refractivity (Wildman–Crippen MR) is 76.5 cm³/mol.